The zero-order valence-electron chi connectivity index (χ0n) is 14.7. The van der Waals surface area contributed by atoms with E-state index in [1.165, 1.54) is 23.3 Å². The highest BCUT2D eigenvalue weighted by Crippen LogP contribution is 2.24. The minimum absolute atomic E-state index is 0.0357. The summed E-state index contributed by atoms with van der Waals surface area (Å²) in [4.78, 5) is 4.35. The second kappa shape index (κ2) is 7.98. The molecule has 0 atom stereocenters. The molecule has 4 rings (SSSR count). The van der Waals surface area contributed by atoms with Crippen molar-refractivity contribution in [3.8, 4) is 11.3 Å². The highest BCUT2D eigenvalue weighted by atomic mass is 19.1. The Morgan fingerprint density at radius 2 is 1.41 bits per heavy atom. The Balaban J connectivity index is 1.52. The molecule has 134 valence electrons. The van der Waals surface area contributed by atoms with Crippen LogP contribution in [-0.4, -0.2) is 4.98 Å². The molecule has 0 aliphatic heterocycles. The number of nitrogens with one attached hydrogen (secondary N) is 1. The van der Waals surface area contributed by atoms with Gasteiger partial charge in [0.15, 0.2) is 5.76 Å². The van der Waals surface area contributed by atoms with E-state index >= 15 is 0 Å². The van der Waals surface area contributed by atoms with Crippen LogP contribution in [0.3, 0.4) is 0 Å². The molecule has 0 spiro atoms. The molecule has 0 aliphatic carbocycles. The van der Waals surface area contributed by atoms with Crippen molar-refractivity contribution in [2.75, 3.05) is 0 Å². The lowest BCUT2D eigenvalue weighted by Crippen LogP contribution is -2.22. The lowest BCUT2D eigenvalue weighted by molar-refractivity contribution is 0.462. The SMILES string of the molecule is Fc1ccc(-c2cnc(CNC(c3ccccc3)c3ccccc3)o2)cc1. The molecule has 1 heterocycles. The van der Waals surface area contributed by atoms with E-state index in [1.54, 1.807) is 18.3 Å². The molecule has 0 fully saturated rings. The minimum atomic E-state index is -0.270. The molecular formula is C23H19FN2O. The fourth-order valence-electron chi connectivity index (χ4n) is 3.05. The number of hydrogen-bond donors (Lipinski definition) is 1. The molecule has 1 aromatic heterocycles. The zero-order valence-corrected chi connectivity index (χ0v) is 14.7. The molecule has 0 radical (unpaired) electrons. The molecule has 4 heteroatoms. The maximum Gasteiger partial charge on any atom is 0.208 e. The van der Waals surface area contributed by atoms with Gasteiger partial charge < -0.3 is 4.42 Å². The first kappa shape index (κ1) is 17.2. The number of nitrogens with zero attached hydrogens (tertiary/aromatic N) is 1. The average molecular weight is 358 g/mol. The van der Waals surface area contributed by atoms with Crippen molar-refractivity contribution in [3.63, 3.8) is 0 Å². The summed E-state index contributed by atoms with van der Waals surface area (Å²) in [6.45, 7) is 0.482. The average Bonchev–Trinajstić information content (AvgIpc) is 3.19. The van der Waals surface area contributed by atoms with Gasteiger partial charge in [-0.15, -0.1) is 0 Å². The third-order valence-corrected chi connectivity index (χ3v) is 4.41. The number of hydrogen-bond acceptors (Lipinski definition) is 3. The van der Waals surface area contributed by atoms with E-state index < -0.39 is 0 Å². The number of aromatic nitrogens is 1. The molecule has 0 unspecified atom stereocenters. The fraction of sp³-hybridized carbons (Fsp3) is 0.0870. The van der Waals surface area contributed by atoms with Crippen LogP contribution in [0.25, 0.3) is 11.3 Å². The van der Waals surface area contributed by atoms with Crippen molar-refractivity contribution >= 4 is 0 Å². The van der Waals surface area contributed by atoms with Crippen molar-refractivity contribution in [1.82, 2.24) is 10.3 Å². The van der Waals surface area contributed by atoms with Gasteiger partial charge in [0.2, 0.25) is 5.89 Å². The van der Waals surface area contributed by atoms with Gasteiger partial charge in [-0.2, -0.15) is 0 Å². The Labute approximate surface area is 157 Å². The van der Waals surface area contributed by atoms with E-state index in [4.69, 9.17) is 4.42 Å². The predicted molar refractivity (Wildman–Crippen MR) is 103 cm³/mol. The van der Waals surface area contributed by atoms with E-state index in [1.807, 2.05) is 36.4 Å². The van der Waals surface area contributed by atoms with Gasteiger partial charge in [0, 0.05) is 5.56 Å². The van der Waals surface area contributed by atoms with E-state index in [-0.39, 0.29) is 11.9 Å². The molecule has 3 nitrogen and oxygen atoms in total. The summed E-state index contributed by atoms with van der Waals surface area (Å²) in [6, 6.07) is 26.8. The summed E-state index contributed by atoms with van der Waals surface area (Å²) in [7, 11) is 0. The summed E-state index contributed by atoms with van der Waals surface area (Å²) in [5, 5.41) is 3.53. The predicted octanol–water partition coefficient (Wildman–Crippen LogP) is 5.36. The van der Waals surface area contributed by atoms with Crippen LogP contribution in [0.2, 0.25) is 0 Å². The summed E-state index contributed by atoms with van der Waals surface area (Å²) < 4.78 is 18.9. The topological polar surface area (TPSA) is 38.1 Å². The molecule has 0 amide bonds. The number of rotatable bonds is 6. The van der Waals surface area contributed by atoms with Gasteiger partial charge in [0.05, 0.1) is 18.8 Å². The van der Waals surface area contributed by atoms with Crippen molar-refractivity contribution < 1.29 is 8.81 Å². The lowest BCUT2D eigenvalue weighted by atomic mass is 9.99. The molecule has 4 aromatic rings. The third kappa shape index (κ3) is 4.13. The van der Waals surface area contributed by atoms with Gasteiger partial charge in [-0.3, -0.25) is 5.32 Å². The lowest BCUT2D eigenvalue weighted by Gasteiger charge is -2.19. The largest absolute Gasteiger partial charge is 0.439 e. The zero-order chi connectivity index (χ0) is 18.5. The van der Waals surface area contributed by atoms with Crippen molar-refractivity contribution in [1.29, 1.82) is 0 Å². The number of benzene rings is 3. The maximum absolute atomic E-state index is 13.1. The smallest absolute Gasteiger partial charge is 0.208 e. The first-order chi connectivity index (χ1) is 13.3. The first-order valence-corrected chi connectivity index (χ1v) is 8.83. The van der Waals surface area contributed by atoms with Crippen LogP contribution < -0.4 is 5.32 Å². The molecule has 27 heavy (non-hydrogen) atoms. The molecule has 0 bridgehead atoms. The molecule has 1 N–H and O–H groups in total. The van der Waals surface area contributed by atoms with E-state index in [0.29, 0.717) is 18.2 Å². The standard InChI is InChI=1S/C23H19FN2O/c24-20-13-11-17(12-14-20)21-15-25-22(27-21)16-26-23(18-7-3-1-4-8-18)19-9-5-2-6-10-19/h1-15,23,26H,16H2. The summed E-state index contributed by atoms with van der Waals surface area (Å²) in [5.74, 6) is 0.947. The molecule has 3 aromatic carbocycles. The monoisotopic (exact) mass is 358 g/mol. The highest BCUT2D eigenvalue weighted by molar-refractivity contribution is 5.55. The number of oxazole rings is 1. The Hall–Kier alpha value is -3.24. The van der Waals surface area contributed by atoms with E-state index in [0.717, 1.165) is 5.56 Å². The Bertz CT molecular complexity index is 942. The fourth-order valence-corrected chi connectivity index (χ4v) is 3.05. The summed E-state index contributed by atoms with van der Waals surface area (Å²) >= 11 is 0. The van der Waals surface area contributed by atoms with Crippen LogP contribution >= 0.6 is 0 Å². The first-order valence-electron chi connectivity index (χ1n) is 8.83. The maximum atomic E-state index is 13.1. The van der Waals surface area contributed by atoms with Crippen LogP contribution in [0, 0.1) is 5.82 Å². The Kier molecular flexibility index (Phi) is 5.08. The van der Waals surface area contributed by atoms with Gasteiger partial charge in [0.25, 0.3) is 0 Å². The Morgan fingerprint density at radius 1 is 0.815 bits per heavy atom. The van der Waals surface area contributed by atoms with Crippen molar-refractivity contribution in [2.45, 2.75) is 12.6 Å². The normalized spacial score (nSPS) is 11.0. The van der Waals surface area contributed by atoms with Crippen LogP contribution in [0.1, 0.15) is 23.1 Å². The third-order valence-electron chi connectivity index (χ3n) is 4.41. The van der Waals surface area contributed by atoms with Crippen LogP contribution in [0.5, 0.6) is 0 Å². The van der Waals surface area contributed by atoms with Gasteiger partial charge in [0.1, 0.15) is 5.82 Å². The second-order valence-electron chi connectivity index (χ2n) is 6.26. The summed E-state index contributed by atoms with van der Waals surface area (Å²) in [6.07, 6.45) is 1.67. The molecule has 0 aliphatic rings. The van der Waals surface area contributed by atoms with Crippen LogP contribution in [0.4, 0.5) is 4.39 Å². The van der Waals surface area contributed by atoms with Crippen molar-refractivity contribution in [2.24, 2.45) is 0 Å². The highest BCUT2D eigenvalue weighted by Gasteiger charge is 2.15. The van der Waals surface area contributed by atoms with E-state index in [9.17, 15) is 4.39 Å². The van der Waals surface area contributed by atoms with Gasteiger partial charge in [-0.1, -0.05) is 60.7 Å². The minimum Gasteiger partial charge on any atom is -0.439 e. The summed E-state index contributed by atoms with van der Waals surface area (Å²) in [5.41, 5.74) is 3.15. The number of halogens is 1. The van der Waals surface area contributed by atoms with Gasteiger partial charge in [-0.05, 0) is 35.4 Å². The van der Waals surface area contributed by atoms with E-state index in [2.05, 4.69) is 34.6 Å². The molecule has 0 saturated heterocycles. The van der Waals surface area contributed by atoms with Crippen molar-refractivity contribution in [3.05, 3.63) is 114 Å². The second-order valence-corrected chi connectivity index (χ2v) is 6.26. The van der Waals surface area contributed by atoms with Gasteiger partial charge >= 0.3 is 0 Å². The quantitative estimate of drug-likeness (QED) is 0.504. The van der Waals surface area contributed by atoms with Crippen LogP contribution in [-0.2, 0) is 6.54 Å². The van der Waals surface area contributed by atoms with Crippen LogP contribution in [0.15, 0.2) is 95.5 Å². The molecular weight excluding hydrogens is 339 g/mol. The molecule has 0 saturated carbocycles. The Morgan fingerprint density at radius 3 is 2.00 bits per heavy atom. The van der Waals surface area contributed by atoms with Gasteiger partial charge in [-0.25, -0.2) is 9.37 Å².